The third kappa shape index (κ3) is 4.04. The molecule has 2 aromatic heterocycles. The average Bonchev–Trinajstić information content (AvgIpc) is 3.20. The van der Waals surface area contributed by atoms with Crippen molar-refractivity contribution >= 4 is 27.5 Å². The smallest absolute Gasteiger partial charge is 0.336 e. The third-order valence-electron chi connectivity index (χ3n) is 4.67. The summed E-state index contributed by atoms with van der Waals surface area (Å²) in [5.41, 5.74) is -0.303. The van der Waals surface area contributed by atoms with Gasteiger partial charge in [-0.25, -0.2) is 9.36 Å². The van der Waals surface area contributed by atoms with Crippen molar-refractivity contribution in [1.29, 1.82) is 0 Å². The van der Waals surface area contributed by atoms with Gasteiger partial charge in [-0.15, -0.1) is 11.3 Å². The number of benzene rings is 1. The van der Waals surface area contributed by atoms with Crippen LogP contribution in [0.25, 0.3) is 15.9 Å². The maximum absolute atomic E-state index is 13.3. The molecule has 2 heterocycles. The number of hydrogen-bond donors (Lipinski definition) is 1. The second kappa shape index (κ2) is 8.52. The Bertz CT molecular complexity index is 1140. The number of carbonyl (C=O) groups excluding carboxylic acids is 1. The van der Waals surface area contributed by atoms with Crippen LogP contribution in [-0.2, 0) is 11.3 Å². The molecule has 0 saturated carbocycles. The highest BCUT2D eigenvalue weighted by molar-refractivity contribution is 7.17. The number of rotatable bonds is 7. The summed E-state index contributed by atoms with van der Waals surface area (Å²) >= 11 is 1.22. The molecule has 0 saturated heterocycles. The Labute approximate surface area is 171 Å². The summed E-state index contributed by atoms with van der Waals surface area (Å²) in [5.74, 6) is 0.596. The monoisotopic (exact) mass is 417 g/mol. The largest absolute Gasteiger partial charge is 0.497 e. The zero-order valence-corrected chi connectivity index (χ0v) is 17.5. The third-order valence-corrected chi connectivity index (χ3v) is 5.56. The van der Waals surface area contributed by atoms with E-state index in [9.17, 15) is 14.4 Å². The second-order valence-corrected chi connectivity index (χ2v) is 7.51. The number of carbonyl (C=O) groups is 1. The molecule has 1 aromatic carbocycles. The lowest BCUT2D eigenvalue weighted by Crippen LogP contribution is -2.42. The Morgan fingerprint density at radius 1 is 1.17 bits per heavy atom. The first-order chi connectivity index (χ1) is 13.9. The van der Waals surface area contributed by atoms with Gasteiger partial charge in [0, 0.05) is 24.2 Å². The van der Waals surface area contributed by atoms with Crippen molar-refractivity contribution in [3.63, 3.8) is 0 Å². The first-order valence-corrected chi connectivity index (χ1v) is 10.0. The molecule has 0 radical (unpaired) electrons. The van der Waals surface area contributed by atoms with Gasteiger partial charge >= 0.3 is 5.69 Å². The zero-order chi connectivity index (χ0) is 21.1. The van der Waals surface area contributed by atoms with Crippen molar-refractivity contribution in [2.45, 2.75) is 32.9 Å². The van der Waals surface area contributed by atoms with Crippen molar-refractivity contribution in [1.82, 2.24) is 14.5 Å². The summed E-state index contributed by atoms with van der Waals surface area (Å²) in [5, 5.41) is 4.58. The van der Waals surface area contributed by atoms with E-state index in [0.29, 0.717) is 27.4 Å². The van der Waals surface area contributed by atoms with Gasteiger partial charge in [-0.05, 0) is 24.8 Å². The molecule has 1 unspecified atom stereocenters. The zero-order valence-electron chi connectivity index (χ0n) is 16.7. The Morgan fingerprint density at radius 2 is 1.83 bits per heavy atom. The Kier molecular flexibility index (Phi) is 6.07. The van der Waals surface area contributed by atoms with Crippen LogP contribution in [0.3, 0.4) is 0 Å². The predicted octanol–water partition coefficient (Wildman–Crippen LogP) is 2.15. The molecular weight excluding hydrogens is 394 g/mol. The number of hydrogen-bond acceptors (Lipinski definition) is 6. The van der Waals surface area contributed by atoms with E-state index in [4.69, 9.17) is 9.47 Å². The van der Waals surface area contributed by atoms with Crippen LogP contribution in [0.1, 0.15) is 20.3 Å². The van der Waals surface area contributed by atoms with Gasteiger partial charge < -0.3 is 14.8 Å². The highest BCUT2D eigenvalue weighted by Crippen LogP contribution is 2.24. The Balaban J connectivity index is 2.21. The second-order valence-electron chi connectivity index (χ2n) is 6.59. The molecule has 0 spiro atoms. The lowest BCUT2D eigenvalue weighted by Gasteiger charge is -2.15. The molecule has 3 aromatic rings. The van der Waals surface area contributed by atoms with E-state index in [1.807, 2.05) is 13.8 Å². The van der Waals surface area contributed by atoms with Gasteiger partial charge in [0.2, 0.25) is 5.91 Å². The van der Waals surface area contributed by atoms with E-state index >= 15 is 0 Å². The number of nitrogens with zero attached hydrogens (tertiary/aromatic N) is 2. The number of nitrogens with one attached hydrogen (secondary N) is 1. The van der Waals surface area contributed by atoms with Crippen LogP contribution >= 0.6 is 11.3 Å². The van der Waals surface area contributed by atoms with Crippen LogP contribution in [0.2, 0.25) is 0 Å². The van der Waals surface area contributed by atoms with Gasteiger partial charge in [-0.1, -0.05) is 6.92 Å². The minimum Gasteiger partial charge on any atom is -0.497 e. The fourth-order valence-corrected chi connectivity index (χ4v) is 3.78. The molecule has 3 rings (SSSR count). The van der Waals surface area contributed by atoms with E-state index in [0.717, 1.165) is 11.0 Å². The van der Waals surface area contributed by atoms with Crippen molar-refractivity contribution in [3.8, 4) is 17.2 Å². The van der Waals surface area contributed by atoms with Gasteiger partial charge in [-0.2, -0.15) is 0 Å². The van der Waals surface area contributed by atoms with Gasteiger partial charge in [-0.3, -0.25) is 14.2 Å². The first-order valence-electron chi connectivity index (χ1n) is 9.15. The number of methoxy groups -OCH3 is 2. The maximum atomic E-state index is 13.3. The summed E-state index contributed by atoms with van der Waals surface area (Å²) < 4.78 is 13.3. The SMILES string of the molecule is CCC(C)NC(=O)Cn1c(=O)n(-c2cc(OC)cc(OC)c2)c(=O)c2sccc21. The van der Waals surface area contributed by atoms with Crippen LogP contribution in [-0.4, -0.2) is 35.3 Å². The van der Waals surface area contributed by atoms with Gasteiger partial charge in [0.05, 0.1) is 25.4 Å². The lowest BCUT2D eigenvalue weighted by atomic mass is 10.2. The molecule has 154 valence electrons. The van der Waals surface area contributed by atoms with Crippen LogP contribution in [0.5, 0.6) is 11.5 Å². The molecule has 0 fully saturated rings. The predicted molar refractivity (Wildman–Crippen MR) is 113 cm³/mol. The molecule has 1 N–H and O–H groups in total. The van der Waals surface area contributed by atoms with Crippen LogP contribution in [0, 0.1) is 0 Å². The quantitative estimate of drug-likeness (QED) is 0.636. The minimum absolute atomic E-state index is 0.00952. The number of aromatic nitrogens is 2. The number of fused-ring (bicyclic) bond motifs is 1. The van der Waals surface area contributed by atoms with E-state index in [1.54, 1.807) is 29.6 Å². The van der Waals surface area contributed by atoms with E-state index < -0.39 is 11.2 Å². The maximum Gasteiger partial charge on any atom is 0.336 e. The molecule has 0 aliphatic rings. The molecular formula is C20H23N3O5S. The van der Waals surface area contributed by atoms with Gasteiger partial charge in [0.15, 0.2) is 0 Å². The fraction of sp³-hybridized carbons (Fsp3) is 0.350. The number of amides is 1. The summed E-state index contributed by atoms with van der Waals surface area (Å²) in [6.07, 6.45) is 0.775. The normalized spacial score (nSPS) is 12.0. The Morgan fingerprint density at radius 3 is 2.41 bits per heavy atom. The fourth-order valence-electron chi connectivity index (χ4n) is 2.96. The van der Waals surface area contributed by atoms with E-state index in [2.05, 4.69) is 5.32 Å². The molecule has 0 aliphatic carbocycles. The summed E-state index contributed by atoms with van der Waals surface area (Å²) in [6.45, 7) is 3.67. The average molecular weight is 417 g/mol. The highest BCUT2D eigenvalue weighted by atomic mass is 32.1. The standard InChI is InChI=1S/C20H23N3O5S/c1-5-12(2)21-17(24)11-22-16-6-7-29-18(16)19(25)23(20(22)26)13-8-14(27-3)10-15(9-13)28-4/h6-10,12H,5,11H2,1-4H3,(H,21,24). The molecule has 0 bridgehead atoms. The number of thiophene rings is 1. The van der Waals surface area contributed by atoms with Crippen molar-refractivity contribution in [2.75, 3.05) is 14.2 Å². The molecule has 0 aliphatic heterocycles. The molecule has 8 nitrogen and oxygen atoms in total. The summed E-state index contributed by atoms with van der Waals surface area (Å²) in [4.78, 5) is 38.7. The summed E-state index contributed by atoms with van der Waals surface area (Å²) in [6, 6.07) is 6.47. The van der Waals surface area contributed by atoms with Gasteiger partial charge in [0.25, 0.3) is 5.56 Å². The highest BCUT2D eigenvalue weighted by Gasteiger charge is 2.19. The lowest BCUT2D eigenvalue weighted by molar-refractivity contribution is -0.122. The van der Waals surface area contributed by atoms with Crippen molar-refractivity contribution in [2.24, 2.45) is 0 Å². The Hall–Kier alpha value is -3.07. The van der Waals surface area contributed by atoms with Crippen LogP contribution in [0.15, 0.2) is 39.2 Å². The molecule has 1 amide bonds. The van der Waals surface area contributed by atoms with E-state index in [-0.39, 0.29) is 18.5 Å². The topological polar surface area (TPSA) is 91.6 Å². The summed E-state index contributed by atoms with van der Waals surface area (Å²) in [7, 11) is 2.97. The van der Waals surface area contributed by atoms with Crippen LogP contribution in [0.4, 0.5) is 0 Å². The first kappa shape index (κ1) is 20.7. The van der Waals surface area contributed by atoms with Crippen molar-refractivity contribution in [3.05, 3.63) is 50.5 Å². The van der Waals surface area contributed by atoms with E-state index in [1.165, 1.54) is 30.1 Å². The van der Waals surface area contributed by atoms with Crippen molar-refractivity contribution < 1.29 is 14.3 Å². The molecule has 29 heavy (non-hydrogen) atoms. The van der Waals surface area contributed by atoms with Gasteiger partial charge in [0.1, 0.15) is 22.7 Å². The molecule has 1 atom stereocenters. The number of ether oxygens (including phenoxy) is 2. The van der Waals surface area contributed by atoms with Crippen LogP contribution < -0.4 is 26.0 Å². The minimum atomic E-state index is -0.601. The molecule has 9 heteroatoms.